The van der Waals surface area contributed by atoms with Crippen molar-refractivity contribution in [2.45, 2.75) is 37.9 Å². The number of benzene rings is 1. The number of rotatable bonds is 4. The molecule has 1 unspecified atom stereocenters. The van der Waals surface area contributed by atoms with Crippen molar-refractivity contribution in [3.05, 3.63) is 35.4 Å². The molecule has 1 aromatic rings. The lowest BCUT2D eigenvalue weighted by Gasteiger charge is -2.18. The van der Waals surface area contributed by atoms with Crippen LogP contribution in [0.3, 0.4) is 0 Å². The molecule has 0 saturated carbocycles. The summed E-state index contributed by atoms with van der Waals surface area (Å²) in [6.45, 7) is 2.36. The number of halogens is 3. The molecule has 0 bridgehead atoms. The van der Waals surface area contributed by atoms with Crippen molar-refractivity contribution in [3.63, 3.8) is 0 Å². The minimum atomic E-state index is -4.31. The SMILES string of the molecule is CCC(C[C@H]1COC(N)=N1)c1cccc(C(F)(F)F)c1. The summed E-state index contributed by atoms with van der Waals surface area (Å²) in [6.07, 6.45) is -2.93. The van der Waals surface area contributed by atoms with Gasteiger partial charge in [0.1, 0.15) is 6.61 Å². The van der Waals surface area contributed by atoms with E-state index in [9.17, 15) is 13.2 Å². The Balaban J connectivity index is 2.15. The maximum absolute atomic E-state index is 12.7. The number of nitrogens with zero attached hydrogens (tertiary/aromatic N) is 1. The van der Waals surface area contributed by atoms with E-state index in [0.717, 1.165) is 12.5 Å². The van der Waals surface area contributed by atoms with Gasteiger partial charge in [-0.25, -0.2) is 4.99 Å². The topological polar surface area (TPSA) is 47.6 Å². The summed E-state index contributed by atoms with van der Waals surface area (Å²) >= 11 is 0. The van der Waals surface area contributed by atoms with Crippen LogP contribution in [-0.4, -0.2) is 18.7 Å². The molecule has 2 rings (SSSR count). The lowest BCUT2D eigenvalue weighted by atomic mass is 9.89. The summed E-state index contributed by atoms with van der Waals surface area (Å²) in [5.74, 6) is 0.0144. The van der Waals surface area contributed by atoms with Crippen LogP contribution in [0, 0.1) is 0 Å². The second-order valence-electron chi connectivity index (χ2n) is 4.90. The fraction of sp³-hybridized carbons (Fsp3) is 0.500. The van der Waals surface area contributed by atoms with Gasteiger partial charge < -0.3 is 10.5 Å². The van der Waals surface area contributed by atoms with Gasteiger partial charge in [0, 0.05) is 0 Å². The Morgan fingerprint density at radius 1 is 1.45 bits per heavy atom. The van der Waals surface area contributed by atoms with Gasteiger partial charge in [0.2, 0.25) is 0 Å². The molecular weight excluding hydrogens is 269 g/mol. The minimum absolute atomic E-state index is 0.0144. The zero-order chi connectivity index (χ0) is 14.8. The molecule has 0 saturated heterocycles. The third-order valence-electron chi connectivity index (χ3n) is 3.47. The third kappa shape index (κ3) is 3.43. The number of amidine groups is 1. The van der Waals surface area contributed by atoms with Crippen molar-refractivity contribution in [1.82, 2.24) is 0 Å². The fourth-order valence-electron chi connectivity index (χ4n) is 2.39. The number of ether oxygens (including phenoxy) is 1. The van der Waals surface area contributed by atoms with Crippen LogP contribution < -0.4 is 5.73 Å². The van der Waals surface area contributed by atoms with Gasteiger partial charge in [-0.3, -0.25) is 0 Å². The van der Waals surface area contributed by atoms with Gasteiger partial charge in [0.05, 0.1) is 11.6 Å². The fourth-order valence-corrected chi connectivity index (χ4v) is 2.39. The van der Waals surface area contributed by atoms with Crippen molar-refractivity contribution in [1.29, 1.82) is 0 Å². The van der Waals surface area contributed by atoms with E-state index >= 15 is 0 Å². The molecule has 110 valence electrons. The average molecular weight is 286 g/mol. The highest BCUT2D eigenvalue weighted by atomic mass is 19.4. The molecule has 1 aliphatic rings. The normalized spacial score (nSPS) is 20.4. The summed E-state index contributed by atoms with van der Waals surface area (Å²) < 4.78 is 43.3. The zero-order valence-corrected chi connectivity index (χ0v) is 11.2. The first-order valence-corrected chi connectivity index (χ1v) is 6.53. The number of hydrogen-bond donors (Lipinski definition) is 1. The first-order chi connectivity index (χ1) is 9.40. The van der Waals surface area contributed by atoms with Gasteiger partial charge in [-0.05, 0) is 30.4 Å². The molecule has 2 N–H and O–H groups in total. The Hall–Kier alpha value is -1.72. The highest BCUT2D eigenvalue weighted by Gasteiger charge is 2.31. The lowest BCUT2D eigenvalue weighted by Crippen LogP contribution is -2.13. The predicted molar refractivity (Wildman–Crippen MR) is 70.5 cm³/mol. The van der Waals surface area contributed by atoms with Gasteiger partial charge in [-0.15, -0.1) is 0 Å². The van der Waals surface area contributed by atoms with E-state index in [1.807, 2.05) is 6.92 Å². The maximum atomic E-state index is 12.7. The monoisotopic (exact) mass is 286 g/mol. The van der Waals surface area contributed by atoms with E-state index in [1.54, 1.807) is 6.07 Å². The van der Waals surface area contributed by atoms with E-state index < -0.39 is 11.7 Å². The number of alkyl halides is 3. The highest BCUT2D eigenvalue weighted by molar-refractivity contribution is 5.73. The van der Waals surface area contributed by atoms with Crippen LogP contribution in [0.4, 0.5) is 13.2 Å². The molecule has 6 heteroatoms. The molecular formula is C14H17F3N2O. The number of aliphatic imine (C=N–C) groups is 1. The molecule has 1 aliphatic heterocycles. The smallest absolute Gasteiger partial charge is 0.416 e. The molecule has 1 heterocycles. The Kier molecular flexibility index (Phi) is 4.20. The Bertz CT molecular complexity index is 499. The van der Waals surface area contributed by atoms with Crippen LogP contribution in [0.25, 0.3) is 0 Å². The van der Waals surface area contributed by atoms with Gasteiger partial charge in [-0.2, -0.15) is 13.2 Å². The van der Waals surface area contributed by atoms with Crippen LogP contribution >= 0.6 is 0 Å². The van der Waals surface area contributed by atoms with E-state index in [1.165, 1.54) is 12.1 Å². The van der Waals surface area contributed by atoms with Crippen molar-refractivity contribution in [3.8, 4) is 0 Å². The second kappa shape index (κ2) is 5.73. The van der Waals surface area contributed by atoms with Crippen LogP contribution in [-0.2, 0) is 10.9 Å². The molecule has 1 aromatic carbocycles. The molecule has 0 fully saturated rings. The van der Waals surface area contributed by atoms with Crippen LogP contribution in [0.2, 0.25) is 0 Å². The Morgan fingerprint density at radius 3 is 2.75 bits per heavy atom. The minimum Gasteiger partial charge on any atom is -0.463 e. The summed E-state index contributed by atoms with van der Waals surface area (Å²) in [4.78, 5) is 4.12. The van der Waals surface area contributed by atoms with Crippen molar-refractivity contribution in [2.24, 2.45) is 10.7 Å². The first-order valence-electron chi connectivity index (χ1n) is 6.53. The van der Waals surface area contributed by atoms with E-state index in [0.29, 0.717) is 18.6 Å². The number of nitrogens with two attached hydrogens (primary N) is 1. The molecule has 0 aromatic heterocycles. The summed E-state index contributed by atoms with van der Waals surface area (Å²) in [5.41, 5.74) is 5.51. The highest BCUT2D eigenvalue weighted by Crippen LogP contribution is 2.33. The summed E-state index contributed by atoms with van der Waals surface area (Å²) in [7, 11) is 0. The number of hydrogen-bond acceptors (Lipinski definition) is 3. The molecule has 0 aliphatic carbocycles. The molecule has 0 radical (unpaired) electrons. The predicted octanol–water partition coefficient (Wildman–Crippen LogP) is 3.30. The molecule has 0 spiro atoms. The standard InChI is InChI=1S/C14H17F3N2O/c1-2-9(7-12-8-20-13(18)19-12)10-4-3-5-11(6-10)14(15,16)17/h3-6,9,12H,2,7-8H2,1H3,(H2,18,19)/t9?,12-/m0/s1. The second-order valence-corrected chi connectivity index (χ2v) is 4.90. The lowest BCUT2D eigenvalue weighted by molar-refractivity contribution is -0.137. The molecule has 3 nitrogen and oxygen atoms in total. The first kappa shape index (κ1) is 14.7. The van der Waals surface area contributed by atoms with Gasteiger partial charge >= 0.3 is 6.18 Å². The zero-order valence-electron chi connectivity index (χ0n) is 11.2. The Morgan fingerprint density at radius 2 is 2.20 bits per heavy atom. The van der Waals surface area contributed by atoms with Crippen LogP contribution in [0.15, 0.2) is 29.3 Å². The summed E-state index contributed by atoms with van der Waals surface area (Å²) in [5, 5.41) is 0. The average Bonchev–Trinajstić information content (AvgIpc) is 2.81. The van der Waals surface area contributed by atoms with E-state index in [2.05, 4.69) is 4.99 Å². The molecule has 20 heavy (non-hydrogen) atoms. The van der Waals surface area contributed by atoms with Crippen molar-refractivity contribution in [2.75, 3.05) is 6.61 Å². The third-order valence-corrected chi connectivity index (χ3v) is 3.47. The largest absolute Gasteiger partial charge is 0.463 e. The van der Waals surface area contributed by atoms with Crippen LogP contribution in [0.1, 0.15) is 36.8 Å². The van der Waals surface area contributed by atoms with Crippen molar-refractivity contribution < 1.29 is 17.9 Å². The summed E-state index contributed by atoms with van der Waals surface area (Å²) in [6, 6.07) is 5.57. The maximum Gasteiger partial charge on any atom is 0.416 e. The van der Waals surface area contributed by atoms with Gasteiger partial charge in [-0.1, -0.05) is 25.1 Å². The van der Waals surface area contributed by atoms with Gasteiger partial charge in [0.15, 0.2) is 0 Å². The Labute approximate surface area is 115 Å². The van der Waals surface area contributed by atoms with E-state index in [-0.39, 0.29) is 18.0 Å². The molecule has 0 amide bonds. The van der Waals surface area contributed by atoms with Crippen molar-refractivity contribution >= 4 is 6.02 Å². The quantitative estimate of drug-likeness (QED) is 0.923. The van der Waals surface area contributed by atoms with Crippen LogP contribution in [0.5, 0.6) is 0 Å². The van der Waals surface area contributed by atoms with Gasteiger partial charge in [0.25, 0.3) is 6.02 Å². The van der Waals surface area contributed by atoms with E-state index in [4.69, 9.17) is 10.5 Å². The molecule has 2 atom stereocenters.